The number of hydrogen-bond donors (Lipinski definition) is 2. The van der Waals surface area contributed by atoms with Gasteiger partial charge in [-0.15, -0.1) is 0 Å². The zero-order valence-electron chi connectivity index (χ0n) is 14.3. The normalized spacial score (nSPS) is 20.1. The lowest BCUT2D eigenvalue weighted by molar-refractivity contribution is 0.0947. The molecule has 2 rings (SSSR count). The summed E-state index contributed by atoms with van der Waals surface area (Å²) in [5.74, 6) is 1.42. The van der Waals surface area contributed by atoms with Crippen LogP contribution in [0.15, 0.2) is 27.4 Å². The van der Waals surface area contributed by atoms with Gasteiger partial charge in [0.15, 0.2) is 0 Å². The number of allylic oxidation sites excluding steroid dienone is 1. The first-order valence-electron chi connectivity index (χ1n) is 7.94. The highest BCUT2D eigenvalue weighted by Crippen LogP contribution is 2.24. The molecule has 0 saturated carbocycles. The predicted octanol–water partition coefficient (Wildman–Crippen LogP) is 3.83. The van der Waals surface area contributed by atoms with Crippen LogP contribution < -0.4 is 10.6 Å². The molecular weight excluding hydrogens is 346 g/mol. The first-order chi connectivity index (χ1) is 11.4. The molecule has 0 fully saturated rings. The topological polar surface area (TPSA) is 78.7 Å². The highest BCUT2D eigenvalue weighted by molar-refractivity contribution is 7.17. The van der Waals surface area contributed by atoms with Crippen LogP contribution in [0.25, 0.3) is 0 Å². The lowest BCUT2D eigenvalue weighted by atomic mass is 10.1. The van der Waals surface area contributed by atoms with Gasteiger partial charge in [0.1, 0.15) is 21.7 Å². The van der Waals surface area contributed by atoms with E-state index in [0.29, 0.717) is 21.0 Å². The van der Waals surface area contributed by atoms with E-state index in [-0.39, 0.29) is 17.9 Å². The molecule has 0 aromatic carbocycles. The standard InChI is InChI=1S/C16H22ClN5OS/c1-5-13-20-12(17)7-6-10(4)14(21-13)22-16-18-8-11(24-16)15(23)19-9(2)3/h7-10H,5-6H2,1-4H3,(H,19,23)(H,18,20,21,22). The molecule has 1 unspecified atom stereocenters. The van der Waals surface area contributed by atoms with Gasteiger partial charge < -0.3 is 10.6 Å². The quantitative estimate of drug-likeness (QED) is 0.794. The van der Waals surface area contributed by atoms with E-state index in [4.69, 9.17) is 11.6 Å². The zero-order chi connectivity index (χ0) is 17.7. The average molecular weight is 368 g/mol. The van der Waals surface area contributed by atoms with Crippen LogP contribution in [-0.2, 0) is 0 Å². The summed E-state index contributed by atoms with van der Waals surface area (Å²) in [6, 6.07) is 0.0827. The summed E-state index contributed by atoms with van der Waals surface area (Å²) in [6.07, 6.45) is 4.93. The maximum absolute atomic E-state index is 12.0. The molecule has 0 bridgehead atoms. The summed E-state index contributed by atoms with van der Waals surface area (Å²) in [6.45, 7) is 7.88. The highest BCUT2D eigenvalue weighted by atomic mass is 35.5. The SMILES string of the molecule is CCC1=NC(=Nc2ncc(C(=O)NC(C)C)s2)C(C)CC=C(Cl)N1. The number of hydrogen-bond acceptors (Lipinski definition) is 5. The Kier molecular flexibility index (Phi) is 6.51. The summed E-state index contributed by atoms with van der Waals surface area (Å²) >= 11 is 7.35. The molecule has 24 heavy (non-hydrogen) atoms. The van der Waals surface area contributed by atoms with Crippen LogP contribution in [0.2, 0.25) is 0 Å². The molecule has 1 atom stereocenters. The van der Waals surface area contributed by atoms with Gasteiger partial charge in [0, 0.05) is 18.4 Å². The van der Waals surface area contributed by atoms with Crippen molar-refractivity contribution in [2.75, 3.05) is 0 Å². The van der Waals surface area contributed by atoms with Gasteiger partial charge in [-0.1, -0.05) is 36.8 Å². The van der Waals surface area contributed by atoms with Gasteiger partial charge in [-0.25, -0.2) is 15.0 Å². The van der Waals surface area contributed by atoms with E-state index in [1.165, 1.54) is 11.3 Å². The minimum atomic E-state index is -0.131. The number of carbonyl (C=O) groups is 1. The monoisotopic (exact) mass is 367 g/mol. The van der Waals surface area contributed by atoms with Crippen LogP contribution >= 0.6 is 22.9 Å². The van der Waals surface area contributed by atoms with E-state index < -0.39 is 0 Å². The van der Waals surface area contributed by atoms with Crippen LogP contribution in [-0.4, -0.2) is 28.6 Å². The Balaban J connectivity index is 2.25. The molecule has 1 aromatic heterocycles. The minimum absolute atomic E-state index is 0.0827. The van der Waals surface area contributed by atoms with Gasteiger partial charge in [0.05, 0.1) is 6.20 Å². The maximum atomic E-state index is 12.0. The first-order valence-corrected chi connectivity index (χ1v) is 9.14. The van der Waals surface area contributed by atoms with E-state index in [1.54, 1.807) is 6.20 Å². The van der Waals surface area contributed by atoms with Crippen LogP contribution in [0.5, 0.6) is 0 Å². The predicted molar refractivity (Wildman–Crippen MR) is 100 cm³/mol. The van der Waals surface area contributed by atoms with Crippen LogP contribution in [0.1, 0.15) is 50.2 Å². The lowest BCUT2D eigenvalue weighted by Gasteiger charge is -2.15. The van der Waals surface area contributed by atoms with E-state index in [1.807, 2.05) is 33.8 Å². The zero-order valence-corrected chi connectivity index (χ0v) is 15.8. The molecule has 130 valence electrons. The number of nitrogens with zero attached hydrogens (tertiary/aromatic N) is 3. The molecule has 0 aliphatic carbocycles. The number of halogens is 1. The average Bonchev–Trinajstić information content (AvgIpc) is 2.98. The third kappa shape index (κ3) is 5.14. The molecule has 8 heteroatoms. The number of rotatable bonds is 4. The van der Waals surface area contributed by atoms with Crippen molar-refractivity contribution < 1.29 is 4.79 Å². The largest absolute Gasteiger partial charge is 0.349 e. The number of aliphatic imine (C=N–C) groups is 2. The molecule has 1 amide bonds. The highest BCUT2D eigenvalue weighted by Gasteiger charge is 2.16. The maximum Gasteiger partial charge on any atom is 0.263 e. The molecule has 1 aromatic rings. The van der Waals surface area contributed by atoms with E-state index in [0.717, 1.165) is 18.7 Å². The minimum Gasteiger partial charge on any atom is -0.349 e. The second-order valence-corrected chi connectivity index (χ2v) is 7.25. The Morgan fingerprint density at radius 3 is 3.00 bits per heavy atom. The molecule has 1 aliphatic rings. The third-order valence-corrected chi connectivity index (χ3v) is 4.43. The van der Waals surface area contributed by atoms with Crippen molar-refractivity contribution in [1.82, 2.24) is 15.6 Å². The molecular formula is C16H22ClN5OS. The Morgan fingerprint density at radius 1 is 1.58 bits per heavy atom. The molecule has 6 nitrogen and oxygen atoms in total. The lowest BCUT2D eigenvalue weighted by Crippen LogP contribution is -2.29. The first kappa shape index (κ1) is 18.6. The van der Waals surface area contributed by atoms with Crippen LogP contribution in [0, 0.1) is 5.92 Å². The van der Waals surface area contributed by atoms with Crippen molar-refractivity contribution in [3.05, 3.63) is 22.3 Å². The second kappa shape index (κ2) is 8.39. The fraction of sp³-hybridized carbons (Fsp3) is 0.500. The van der Waals surface area contributed by atoms with Crippen LogP contribution in [0.4, 0.5) is 5.13 Å². The molecule has 0 radical (unpaired) electrons. The van der Waals surface area contributed by atoms with Crippen molar-refractivity contribution in [2.45, 2.75) is 46.6 Å². The van der Waals surface area contributed by atoms with E-state index >= 15 is 0 Å². The van der Waals surface area contributed by atoms with Crippen molar-refractivity contribution in [1.29, 1.82) is 0 Å². The summed E-state index contributed by atoms with van der Waals surface area (Å²) in [7, 11) is 0. The number of carbonyl (C=O) groups excluding carboxylic acids is 1. The van der Waals surface area contributed by atoms with E-state index in [9.17, 15) is 4.79 Å². The van der Waals surface area contributed by atoms with Crippen molar-refractivity contribution in [3.8, 4) is 0 Å². The molecule has 2 N–H and O–H groups in total. The molecule has 1 aliphatic heterocycles. The summed E-state index contributed by atoms with van der Waals surface area (Å²) in [5, 5.41) is 7.03. The van der Waals surface area contributed by atoms with Gasteiger partial charge in [0.2, 0.25) is 5.13 Å². The third-order valence-electron chi connectivity index (χ3n) is 3.29. The number of nitrogens with one attached hydrogen (secondary N) is 2. The molecule has 0 spiro atoms. The fourth-order valence-electron chi connectivity index (χ4n) is 2.01. The summed E-state index contributed by atoms with van der Waals surface area (Å²) in [4.78, 5) is 25.9. The van der Waals surface area contributed by atoms with Crippen molar-refractivity contribution in [3.63, 3.8) is 0 Å². The van der Waals surface area contributed by atoms with Crippen LogP contribution in [0.3, 0.4) is 0 Å². The molecule has 2 heterocycles. The Bertz CT molecular complexity index is 692. The van der Waals surface area contributed by atoms with E-state index in [2.05, 4.69) is 25.6 Å². The van der Waals surface area contributed by atoms with Gasteiger partial charge in [0.25, 0.3) is 5.91 Å². The number of thiazole rings is 1. The van der Waals surface area contributed by atoms with Crippen molar-refractivity contribution >= 4 is 45.6 Å². The van der Waals surface area contributed by atoms with Gasteiger partial charge in [-0.05, 0) is 26.3 Å². The summed E-state index contributed by atoms with van der Waals surface area (Å²) < 4.78 is 0. The van der Waals surface area contributed by atoms with Gasteiger partial charge >= 0.3 is 0 Å². The smallest absolute Gasteiger partial charge is 0.263 e. The number of amidine groups is 2. The Labute approximate surface area is 151 Å². The van der Waals surface area contributed by atoms with Crippen molar-refractivity contribution in [2.24, 2.45) is 15.9 Å². The number of aromatic nitrogens is 1. The number of amides is 1. The fourth-order valence-corrected chi connectivity index (χ4v) is 2.90. The molecule has 0 saturated heterocycles. The van der Waals surface area contributed by atoms with Gasteiger partial charge in [-0.3, -0.25) is 4.79 Å². The Morgan fingerprint density at radius 2 is 2.33 bits per heavy atom. The Hall–Kier alpha value is -1.73. The van der Waals surface area contributed by atoms with Gasteiger partial charge in [-0.2, -0.15) is 0 Å². The summed E-state index contributed by atoms with van der Waals surface area (Å²) in [5.41, 5.74) is 0. The second-order valence-electron chi connectivity index (χ2n) is 5.83.